The van der Waals surface area contributed by atoms with Gasteiger partial charge in [-0.15, -0.1) is 0 Å². The zero-order valence-electron chi connectivity index (χ0n) is 5.90. The molecule has 0 aromatic carbocycles. The smallest absolute Gasteiger partial charge is 0.220 e. The van der Waals surface area contributed by atoms with Crippen LogP contribution in [0.2, 0.25) is 0 Å². The van der Waals surface area contributed by atoms with Gasteiger partial charge in [0.15, 0.2) is 0 Å². The molecule has 0 aromatic rings. The molecule has 1 atom stereocenters. The maximum absolute atomic E-state index is 10.9. The van der Waals surface area contributed by atoms with E-state index in [2.05, 4.69) is 21.2 Å². The summed E-state index contributed by atoms with van der Waals surface area (Å²) < 4.78 is 0. The quantitative estimate of drug-likeness (QED) is 0.475. The van der Waals surface area contributed by atoms with Gasteiger partial charge in [-0.3, -0.25) is 4.79 Å². The first-order valence-corrected chi connectivity index (χ1v) is 4.64. The van der Waals surface area contributed by atoms with Crippen LogP contribution < -0.4 is 5.32 Å². The Kier molecular flexibility index (Phi) is 3.19. The highest BCUT2D eigenvalue weighted by Gasteiger charge is 2.10. The molecule has 1 heterocycles. The van der Waals surface area contributed by atoms with Gasteiger partial charge in [-0.2, -0.15) is 0 Å². The van der Waals surface area contributed by atoms with Crippen molar-refractivity contribution in [1.82, 2.24) is 5.32 Å². The first-order chi connectivity index (χ1) is 4.79. The molecular formula is C7H12BrNO. The lowest BCUT2D eigenvalue weighted by molar-refractivity contribution is -0.121. The highest BCUT2D eigenvalue weighted by molar-refractivity contribution is 9.09. The van der Waals surface area contributed by atoms with E-state index in [9.17, 15) is 4.79 Å². The third kappa shape index (κ3) is 2.69. The lowest BCUT2D eigenvalue weighted by Gasteiger charge is -2.14. The summed E-state index contributed by atoms with van der Waals surface area (Å²) in [7, 11) is 0. The molecule has 0 radical (unpaired) electrons. The van der Waals surface area contributed by atoms with Crippen molar-refractivity contribution in [1.29, 1.82) is 0 Å². The summed E-state index contributed by atoms with van der Waals surface area (Å²) in [6.45, 7) is 0. The fraction of sp³-hybridized carbons (Fsp3) is 0.857. The van der Waals surface area contributed by atoms with Crippen molar-refractivity contribution in [2.24, 2.45) is 0 Å². The Morgan fingerprint density at radius 2 is 2.20 bits per heavy atom. The maximum atomic E-state index is 10.9. The predicted octanol–water partition coefficient (Wildman–Crippen LogP) is 1.79. The van der Waals surface area contributed by atoms with Crippen molar-refractivity contribution in [3.05, 3.63) is 0 Å². The van der Waals surface area contributed by atoms with Crippen LogP contribution in [0.1, 0.15) is 32.1 Å². The molecule has 1 N–H and O–H groups in total. The molecule has 1 amide bonds. The van der Waals surface area contributed by atoms with E-state index < -0.39 is 0 Å². The third-order valence-electron chi connectivity index (χ3n) is 1.68. The highest BCUT2D eigenvalue weighted by Crippen LogP contribution is 2.13. The molecule has 3 heteroatoms. The van der Waals surface area contributed by atoms with Crippen LogP contribution >= 0.6 is 15.9 Å². The number of hydrogen-bond acceptors (Lipinski definition) is 1. The largest absolute Gasteiger partial charge is 0.344 e. The van der Waals surface area contributed by atoms with Crippen LogP contribution in [0.5, 0.6) is 0 Å². The zero-order chi connectivity index (χ0) is 7.40. The van der Waals surface area contributed by atoms with E-state index in [-0.39, 0.29) is 10.9 Å². The molecule has 2 nitrogen and oxygen atoms in total. The summed E-state index contributed by atoms with van der Waals surface area (Å²) in [5.41, 5.74) is 0. The van der Waals surface area contributed by atoms with E-state index in [1.54, 1.807) is 0 Å². The van der Waals surface area contributed by atoms with Crippen molar-refractivity contribution in [2.45, 2.75) is 37.1 Å². The van der Waals surface area contributed by atoms with Gasteiger partial charge in [-0.25, -0.2) is 0 Å². The SMILES string of the molecule is O=C1CCCCCC(Br)N1. The molecule has 10 heavy (non-hydrogen) atoms. The van der Waals surface area contributed by atoms with Crippen LogP contribution in [-0.4, -0.2) is 10.9 Å². The number of rotatable bonds is 0. The molecular weight excluding hydrogens is 194 g/mol. The zero-order valence-corrected chi connectivity index (χ0v) is 7.49. The van der Waals surface area contributed by atoms with Gasteiger partial charge in [-0.1, -0.05) is 28.8 Å². The van der Waals surface area contributed by atoms with E-state index in [1.165, 1.54) is 12.8 Å². The Hall–Kier alpha value is -0.0500. The van der Waals surface area contributed by atoms with Crippen LogP contribution in [0.4, 0.5) is 0 Å². The summed E-state index contributed by atoms with van der Waals surface area (Å²) in [5, 5.41) is 2.86. The lowest BCUT2D eigenvalue weighted by atomic mass is 10.1. The van der Waals surface area contributed by atoms with Gasteiger partial charge in [0.2, 0.25) is 5.91 Å². The molecule has 1 aliphatic heterocycles. The summed E-state index contributed by atoms with van der Waals surface area (Å²) >= 11 is 3.38. The Morgan fingerprint density at radius 3 is 3.00 bits per heavy atom. The number of halogens is 1. The Labute approximate surface area is 69.5 Å². The fourth-order valence-corrected chi connectivity index (χ4v) is 1.68. The van der Waals surface area contributed by atoms with Gasteiger partial charge in [0.25, 0.3) is 0 Å². The molecule has 58 valence electrons. The van der Waals surface area contributed by atoms with Gasteiger partial charge in [0.1, 0.15) is 0 Å². The minimum absolute atomic E-state index is 0.182. The topological polar surface area (TPSA) is 29.1 Å². The summed E-state index contributed by atoms with van der Waals surface area (Å²) in [5.74, 6) is 0.182. The van der Waals surface area contributed by atoms with E-state index in [1.807, 2.05) is 0 Å². The normalized spacial score (nSPS) is 28.5. The van der Waals surface area contributed by atoms with Crippen LogP contribution in [0.25, 0.3) is 0 Å². The summed E-state index contributed by atoms with van der Waals surface area (Å²) in [4.78, 5) is 11.1. The van der Waals surface area contributed by atoms with Crippen LogP contribution in [0, 0.1) is 0 Å². The molecule has 0 aliphatic carbocycles. The van der Waals surface area contributed by atoms with Gasteiger partial charge in [0, 0.05) is 6.42 Å². The number of carbonyl (C=O) groups excluding carboxylic acids is 1. The lowest BCUT2D eigenvalue weighted by Crippen LogP contribution is -2.31. The minimum atomic E-state index is 0.182. The number of carbonyl (C=O) groups is 1. The summed E-state index contributed by atoms with van der Waals surface area (Å²) in [6, 6.07) is 0. The summed E-state index contributed by atoms with van der Waals surface area (Å²) in [6.07, 6.45) is 5.21. The number of alkyl halides is 1. The molecule has 1 fully saturated rings. The number of hydrogen-bond donors (Lipinski definition) is 1. The average molecular weight is 206 g/mol. The second kappa shape index (κ2) is 3.96. The van der Waals surface area contributed by atoms with E-state index in [0.29, 0.717) is 6.42 Å². The predicted molar refractivity (Wildman–Crippen MR) is 43.9 cm³/mol. The number of amides is 1. The van der Waals surface area contributed by atoms with Crippen molar-refractivity contribution < 1.29 is 4.79 Å². The molecule has 1 unspecified atom stereocenters. The van der Waals surface area contributed by atoms with Crippen molar-refractivity contribution in [3.8, 4) is 0 Å². The first-order valence-electron chi connectivity index (χ1n) is 3.72. The molecule has 1 saturated heterocycles. The fourth-order valence-electron chi connectivity index (χ4n) is 1.10. The van der Waals surface area contributed by atoms with Crippen molar-refractivity contribution >= 4 is 21.8 Å². The van der Waals surface area contributed by atoms with Gasteiger partial charge in [-0.05, 0) is 12.8 Å². The second-order valence-corrected chi connectivity index (χ2v) is 3.74. The maximum Gasteiger partial charge on any atom is 0.220 e. The Balaban J connectivity index is 2.32. The van der Waals surface area contributed by atoms with Gasteiger partial charge in [0.05, 0.1) is 4.95 Å². The van der Waals surface area contributed by atoms with E-state index >= 15 is 0 Å². The van der Waals surface area contributed by atoms with Gasteiger partial charge < -0.3 is 5.32 Å². The van der Waals surface area contributed by atoms with Crippen LogP contribution in [-0.2, 0) is 4.79 Å². The molecule has 0 bridgehead atoms. The van der Waals surface area contributed by atoms with Crippen LogP contribution in [0.15, 0.2) is 0 Å². The minimum Gasteiger partial charge on any atom is -0.344 e. The molecule has 0 aromatic heterocycles. The first kappa shape index (κ1) is 8.05. The average Bonchev–Trinajstić information content (AvgIpc) is 1.83. The Morgan fingerprint density at radius 1 is 1.40 bits per heavy atom. The van der Waals surface area contributed by atoms with Crippen molar-refractivity contribution in [2.75, 3.05) is 0 Å². The standard InChI is InChI=1S/C7H12BrNO/c8-6-4-2-1-3-5-7(10)9-6/h6H,1-5H2,(H,9,10). The van der Waals surface area contributed by atoms with Crippen molar-refractivity contribution in [3.63, 3.8) is 0 Å². The molecule has 1 aliphatic rings. The van der Waals surface area contributed by atoms with E-state index in [0.717, 1.165) is 12.8 Å². The second-order valence-electron chi connectivity index (χ2n) is 2.63. The third-order valence-corrected chi connectivity index (χ3v) is 2.37. The Bertz CT molecular complexity index is 127. The highest BCUT2D eigenvalue weighted by atomic mass is 79.9. The van der Waals surface area contributed by atoms with E-state index in [4.69, 9.17) is 0 Å². The monoisotopic (exact) mass is 205 g/mol. The number of nitrogens with one attached hydrogen (secondary N) is 1. The molecule has 1 rings (SSSR count). The molecule has 0 saturated carbocycles. The van der Waals surface area contributed by atoms with Crippen LogP contribution in [0.3, 0.4) is 0 Å². The molecule has 0 spiro atoms. The van der Waals surface area contributed by atoms with Gasteiger partial charge >= 0.3 is 0 Å².